The molecule has 346 valence electrons. The fourth-order valence-electron chi connectivity index (χ4n) is 7.17. The molecule has 0 aliphatic carbocycles. The molecule has 0 saturated carbocycles. The molecule has 0 bridgehead atoms. The van der Waals surface area contributed by atoms with Crippen molar-refractivity contribution in [2.75, 3.05) is 5.32 Å². The van der Waals surface area contributed by atoms with Gasteiger partial charge in [-0.05, 0) is 164 Å². The Hall–Kier alpha value is -8.43. The number of benzene rings is 8. The van der Waals surface area contributed by atoms with Gasteiger partial charge in [0.25, 0.3) is 26.1 Å². The molecule has 0 aromatic heterocycles. The van der Waals surface area contributed by atoms with E-state index in [0.717, 1.165) is 34.9 Å². The number of nitrogens with zero attached hydrogens (tertiary/aromatic N) is 8. The van der Waals surface area contributed by atoms with Crippen LogP contribution in [0.15, 0.2) is 184 Å². The molecule has 0 unspecified atom stereocenters. The highest BCUT2D eigenvalue weighted by Crippen LogP contribution is 2.39. The van der Waals surface area contributed by atoms with Crippen molar-refractivity contribution in [2.24, 2.45) is 40.9 Å². The fraction of sp³-hybridized carbons (Fsp3) is 0.0816. The van der Waals surface area contributed by atoms with Gasteiger partial charge >= 0.3 is 0 Å². The zero-order valence-corrected chi connectivity index (χ0v) is 38.6. The zero-order valence-electron chi connectivity index (χ0n) is 36.9. The summed E-state index contributed by atoms with van der Waals surface area (Å²) < 4.78 is 68.0. The number of hydrogen-bond acceptors (Lipinski definition) is 15. The molecule has 5 N–H and O–H groups in total. The fourth-order valence-corrected chi connectivity index (χ4v) is 8.51. The molecule has 69 heavy (non-hydrogen) atoms. The molecule has 0 aliphatic rings. The Morgan fingerprint density at radius 2 is 0.971 bits per heavy atom. The van der Waals surface area contributed by atoms with Crippen LogP contribution in [0.1, 0.15) is 32.6 Å². The Morgan fingerprint density at radius 3 is 1.58 bits per heavy atom. The number of carbonyl (C=O) groups is 1. The quantitative estimate of drug-likeness (QED) is 0.0574. The molecule has 0 atom stereocenters. The molecule has 8 aromatic rings. The monoisotopic (exact) mass is 961 g/mol. The van der Waals surface area contributed by atoms with E-state index in [1.165, 1.54) is 24.3 Å². The van der Waals surface area contributed by atoms with Crippen LogP contribution in [0.5, 0.6) is 11.5 Å². The van der Waals surface area contributed by atoms with Crippen molar-refractivity contribution in [1.29, 1.82) is 0 Å². The maximum absolute atomic E-state index is 12.7. The molecule has 0 spiro atoms. The van der Waals surface area contributed by atoms with E-state index in [1.807, 2.05) is 39.0 Å². The van der Waals surface area contributed by atoms with E-state index in [-0.39, 0.29) is 39.2 Å². The number of aryl methyl sites for hydroxylation is 4. The van der Waals surface area contributed by atoms with E-state index in [2.05, 4.69) is 46.2 Å². The second-order valence-electron chi connectivity index (χ2n) is 15.8. The summed E-state index contributed by atoms with van der Waals surface area (Å²) in [4.78, 5) is 11.6. The number of phenols is 2. The van der Waals surface area contributed by atoms with Crippen molar-refractivity contribution in [2.45, 2.75) is 37.5 Å². The van der Waals surface area contributed by atoms with Crippen LogP contribution < -0.4 is 5.32 Å². The highest BCUT2D eigenvalue weighted by atomic mass is 32.2. The second kappa shape index (κ2) is 19.1. The van der Waals surface area contributed by atoms with Crippen LogP contribution in [0, 0.1) is 27.7 Å². The second-order valence-corrected chi connectivity index (χ2v) is 18.5. The van der Waals surface area contributed by atoms with E-state index < -0.39 is 35.9 Å². The predicted molar refractivity (Wildman–Crippen MR) is 260 cm³/mol. The Kier molecular flexibility index (Phi) is 13.0. The minimum atomic E-state index is -4.80. The van der Waals surface area contributed by atoms with Crippen LogP contribution in [0.4, 0.5) is 51.2 Å². The number of anilines is 1. The number of phenolic OH excluding ortho intramolecular Hbond substituents is 2. The third kappa shape index (κ3) is 10.6. The van der Waals surface area contributed by atoms with Gasteiger partial charge in [-0.15, -0.1) is 10.2 Å². The number of nitrogens with one attached hydrogen (secondary N) is 1. The largest absolute Gasteiger partial charge is 0.507 e. The number of fused-ring (bicyclic) bond motifs is 2. The van der Waals surface area contributed by atoms with Crippen LogP contribution >= 0.6 is 0 Å². The Morgan fingerprint density at radius 1 is 0.449 bits per heavy atom. The van der Waals surface area contributed by atoms with Crippen molar-refractivity contribution < 1.29 is 40.9 Å². The highest BCUT2D eigenvalue weighted by molar-refractivity contribution is 7.86. The summed E-state index contributed by atoms with van der Waals surface area (Å²) in [6, 6.07) is 34.6. The van der Waals surface area contributed by atoms with Gasteiger partial charge in [-0.2, -0.15) is 47.5 Å². The molecule has 0 fully saturated rings. The lowest BCUT2D eigenvalue weighted by molar-refractivity contribution is 0.102. The van der Waals surface area contributed by atoms with Crippen molar-refractivity contribution >= 4 is 98.9 Å². The van der Waals surface area contributed by atoms with Crippen molar-refractivity contribution in [3.05, 3.63) is 161 Å². The summed E-state index contributed by atoms with van der Waals surface area (Å²) in [5, 5.41) is 59.7. The van der Waals surface area contributed by atoms with Gasteiger partial charge in [0, 0.05) is 16.5 Å². The van der Waals surface area contributed by atoms with Gasteiger partial charge < -0.3 is 15.5 Å². The number of rotatable bonds is 12. The highest BCUT2D eigenvalue weighted by Gasteiger charge is 2.21. The number of aromatic hydroxyl groups is 2. The first-order valence-corrected chi connectivity index (χ1v) is 23.6. The lowest BCUT2D eigenvalue weighted by Gasteiger charge is -2.09. The van der Waals surface area contributed by atoms with Crippen LogP contribution in [-0.4, -0.2) is 42.1 Å². The first-order valence-electron chi connectivity index (χ1n) is 20.7. The smallest absolute Gasteiger partial charge is 0.296 e. The molecular formula is C49H39N9O9S2. The van der Waals surface area contributed by atoms with Gasteiger partial charge in [0.2, 0.25) is 0 Å². The Bertz CT molecular complexity index is 3760. The molecule has 18 nitrogen and oxygen atoms in total. The average molecular weight is 962 g/mol. The molecule has 1 amide bonds. The van der Waals surface area contributed by atoms with Gasteiger partial charge in [-0.1, -0.05) is 30.3 Å². The Labute approximate surface area is 394 Å². The number of para-hydroxylation sites is 1. The summed E-state index contributed by atoms with van der Waals surface area (Å²) in [6.45, 7) is 7.31. The van der Waals surface area contributed by atoms with Crippen molar-refractivity contribution in [3.8, 4) is 11.5 Å². The minimum Gasteiger partial charge on any atom is -0.507 e. The molecule has 0 heterocycles. The Balaban J connectivity index is 0.925. The van der Waals surface area contributed by atoms with Crippen LogP contribution in [0.25, 0.3) is 21.5 Å². The maximum atomic E-state index is 12.7. The lowest BCUT2D eigenvalue weighted by atomic mass is 10.1. The molecule has 8 aromatic carbocycles. The van der Waals surface area contributed by atoms with E-state index in [9.17, 15) is 40.9 Å². The minimum absolute atomic E-state index is 0.0182. The topological polar surface area (TPSA) is 277 Å². The zero-order chi connectivity index (χ0) is 49.2. The standard InChI is InChI=1S/C49H39N9O9S2/c1-27-20-35(14-18-39(27)53-51-34-15-19-40(28(2)21-34)54-58-44-26-38-31(25-47(44)69(65,66)67)8-7-11-46(38)68(62,63)64)52-56-42-22-30(4)43(23-29(42)3)57-55-41-17-12-32-24-33(13-16-36(32)48(41)60)50-49(61)37-9-5-6-10-45(37)59/h5-26,59-60H,1-4H3,(H,50,61)(H,62,63,64)(H,65,66,67). The average Bonchev–Trinajstić information content (AvgIpc) is 3.30. The van der Waals surface area contributed by atoms with Gasteiger partial charge in [-0.25, -0.2) is 0 Å². The van der Waals surface area contributed by atoms with Gasteiger partial charge in [0.15, 0.2) is 5.75 Å². The van der Waals surface area contributed by atoms with Gasteiger partial charge in [0.05, 0.1) is 39.7 Å². The van der Waals surface area contributed by atoms with Gasteiger partial charge in [-0.3, -0.25) is 13.9 Å². The molecule has 0 aliphatic heterocycles. The number of carbonyl (C=O) groups excluding carboxylic acids is 1. The summed E-state index contributed by atoms with van der Waals surface area (Å²) in [5.41, 5.74) is 6.60. The van der Waals surface area contributed by atoms with E-state index >= 15 is 0 Å². The van der Waals surface area contributed by atoms with Crippen LogP contribution in [0.3, 0.4) is 0 Å². The first-order chi connectivity index (χ1) is 32.8. The van der Waals surface area contributed by atoms with Gasteiger partial charge in [0.1, 0.15) is 26.9 Å². The molecule has 0 radical (unpaired) electrons. The molecule has 8 rings (SSSR count). The number of hydrogen-bond donors (Lipinski definition) is 5. The number of amides is 1. The van der Waals surface area contributed by atoms with Crippen LogP contribution in [-0.2, 0) is 20.2 Å². The molecule has 0 saturated heterocycles. The van der Waals surface area contributed by atoms with Crippen LogP contribution in [0.2, 0.25) is 0 Å². The normalized spacial score (nSPS) is 12.4. The third-order valence-electron chi connectivity index (χ3n) is 10.8. The molecule has 20 heteroatoms. The summed E-state index contributed by atoms with van der Waals surface area (Å²) >= 11 is 0. The maximum Gasteiger partial charge on any atom is 0.296 e. The van der Waals surface area contributed by atoms with Crippen molar-refractivity contribution in [1.82, 2.24) is 0 Å². The van der Waals surface area contributed by atoms with E-state index in [1.54, 1.807) is 79.7 Å². The summed E-state index contributed by atoms with van der Waals surface area (Å²) in [5.74, 6) is -0.676. The predicted octanol–water partition coefficient (Wildman–Crippen LogP) is 14.0. The third-order valence-corrected chi connectivity index (χ3v) is 12.6. The van der Waals surface area contributed by atoms with Crippen molar-refractivity contribution in [3.63, 3.8) is 0 Å². The summed E-state index contributed by atoms with van der Waals surface area (Å²) in [7, 11) is -9.48. The van der Waals surface area contributed by atoms with E-state index in [4.69, 9.17) is 0 Å². The van der Waals surface area contributed by atoms with E-state index in [0.29, 0.717) is 56.1 Å². The molecular weight excluding hydrogens is 923 g/mol. The number of azo groups is 4. The SMILES string of the molecule is Cc1cc(N=Nc2cc(C)c(N=Nc3ccc4cc(NC(=O)c5ccccc5O)ccc4c3O)cc2C)ccc1N=Nc1ccc(N=Nc2cc3c(S(=O)(=O)O)cccc3cc2S(=O)(=O)O)c(C)c1. The summed E-state index contributed by atoms with van der Waals surface area (Å²) in [6.07, 6.45) is 0. The lowest BCUT2D eigenvalue weighted by Crippen LogP contribution is -2.11. The first kappa shape index (κ1) is 47.1.